The monoisotopic (exact) mass is 213 g/mol. The quantitative estimate of drug-likeness (QED) is 0.567. The highest BCUT2D eigenvalue weighted by Gasteiger charge is 2.54. The molecule has 76 valence electrons. The average Bonchev–Trinajstić information content (AvgIpc) is 2.21. The van der Waals surface area contributed by atoms with Gasteiger partial charge in [-0.3, -0.25) is 0 Å². The molecule has 2 atom stereocenters. The van der Waals surface area contributed by atoms with Crippen molar-refractivity contribution in [3.8, 4) is 6.07 Å². The molecule has 1 nitrogen and oxygen atoms in total. The molecule has 7 heteroatoms. The number of rotatable bonds is 0. The molecule has 1 aliphatic rings. The maximum Gasteiger partial charge on any atom is 0.287 e. The SMILES string of the molecule is N#CC1(F)C(F)=C(F)C(F)=C(F)C1F. The number of hydrogen-bond acceptors (Lipinski definition) is 1. The zero-order valence-corrected chi connectivity index (χ0v) is 6.29. The van der Waals surface area contributed by atoms with Gasteiger partial charge < -0.3 is 0 Å². The summed E-state index contributed by atoms with van der Waals surface area (Å²) >= 11 is 0. The fourth-order valence-corrected chi connectivity index (χ4v) is 0.864. The van der Waals surface area contributed by atoms with Gasteiger partial charge in [-0.2, -0.15) is 5.26 Å². The fourth-order valence-electron chi connectivity index (χ4n) is 0.864. The Balaban J connectivity index is 3.43. The molecule has 1 aliphatic carbocycles. The van der Waals surface area contributed by atoms with E-state index in [1.807, 2.05) is 0 Å². The Morgan fingerprint density at radius 1 is 1.14 bits per heavy atom. The molecule has 0 aromatic carbocycles. The van der Waals surface area contributed by atoms with Gasteiger partial charge in [-0.25, -0.2) is 26.3 Å². The minimum atomic E-state index is -4.14. The van der Waals surface area contributed by atoms with Gasteiger partial charge in [-0.05, 0) is 0 Å². The Hall–Kier alpha value is -1.45. The van der Waals surface area contributed by atoms with Crippen LogP contribution in [-0.2, 0) is 0 Å². The molecule has 0 bridgehead atoms. The third-order valence-corrected chi connectivity index (χ3v) is 1.65. The van der Waals surface area contributed by atoms with Crippen molar-refractivity contribution in [1.29, 1.82) is 5.26 Å². The molecule has 0 heterocycles. The number of nitriles is 1. The van der Waals surface area contributed by atoms with Gasteiger partial charge >= 0.3 is 0 Å². The third kappa shape index (κ3) is 1.10. The summed E-state index contributed by atoms with van der Waals surface area (Å²) < 4.78 is 75.0. The molecule has 0 radical (unpaired) electrons. The fraction of sp³-hybridized carbons (Fsp3) is 0.286. The molecule has 0 fully saturated rings. The minimum absolute atomic E-state index is 0.406. The zero-order chi connectivity index (χ0) is 11.1. The van der Waals surface area contributed by atoms with Crippen LogP contribution < -0.4 is 0 Å². The number of nitrogens with zero attached hydrogens (tertiary/aromatic N) is 1. The van der Waals surface area contributed by atoms with E-state index in [9.17, 15) is 26.3 Å². The van der Waals surface area contributed by atoms with E-state index in [1.54, 1.807) is 0 Å². The van der Waals surface area contributed by atoms with Gasteiger partial charge in [0.05, 0.1) is 0 Å². The minimum Gasteiger partial charge on any atom is -0.234 e. The third-order valence-electron chi connectivity index (χ3n) is 1.65. The van der Waals surface area contributed by atoms with Crippen molar-refractivity contribution >= 4 is 0 Å². The predicted molar refractivity (Wildman–Crippen MR) is 32.8 cm³/mol. The number of hydrogen-bond donors (Lipinski definition) is 0. The average molecular weight is 213 g/mol. The van der Waals surface area contributed by atoms with Crippen LogP contribution in [0.2, 0.25) is 0 Å². The Morgan fingerprint density at radius 2 is 1.64 bits per heavy atom. The summed E-state index contributed by atoms with van der Waals surface area (Å²) in [5, 5.41) is 8.00. The van der Waals surface area contributed by atoms with E-state index in [-0.39, 0.29) is 0 Å². The second-order valence-corrected chi connectivity index (χ2v) is 2.48. The molecule has 2 unspecified atom stereocenters. The summed E-state index contributed by atoms with van der Waals surface area (Å²) in [6, 6.07) is 0.406. The molecule has 0 aromatic heterocycles. The molecular formula is C7HF6N. The van der Waals surface area contributed by atoms with Gasteiger partial charge in [0.25, 0.3) is 5.67 Å². The Kier molecular flexibility index (Phi) is 2.31. The highest BCUT2D eigenvalue weighted by molar-refractivity contribution is 5.43. The first-order valence-electron chi connectivity index (χ1n) is 3.21. The van der Waals surface area contributed by atoms with Gasteiger partial charge in [0.15, 0.2) is 23.3 Å². The lowest BCUT2D eigenvalue weighted by molar-refractivity contribution is 0.103. The highest BCUT2D eigenvalue weighted by Crippen LogP contribution is 2.43. The lowest BCUT2D eigenvalue weighted by Gasteiger charge is -2.22. The standard InChI is InChI=1S/C7HF6N/c8-2-3(9)5(11)7(13,1-14)6(12)4(2)10/h5H. The van der Waals surface area contributed by atoms with Crippen LogP contribution in [0.15, 0.2) is 23.3 Å². The number of alkyl halides is 2. The molecule has 0 aromatic rings. The summed E-state index contributed by atoms with van der Waals surface area (Å²) in [4.78, 5) is 0. The van der Waals surface area contributed by atoms with E-state index in [1.165, 1.54) is 0 Å². The lowest BCUT2D eigenvalue weighted by Crippen LogP contribution is -2.38. The van der Waals surface area contributed by atoms with Crippen LogP contribution >= 0.6 is 0 Å². The first-order valence-corrected chi connectivity index (χ1v) is 3.21. The molecule has 0 aliphatic heterocycles. The van der Waals surface area contributed by atoms with E-state index in [4.69, 9.17) is 5.26 Å². The Morgan fingerprint density at radius 3 is 2.07 bits per heavy atom. The van der Waals surface area contributed by atoms with Crippen molar-refractivity contribution in [2.24, 2.45) is 0 Å². The van der Waals surface area contributed by atoms with Crippen LogP contribution in [0.3, 0.4) is 0 Å². The maximum absolute atomic E-state index is 12.9. The van der Waals surface area contributed by atoms with Crippen LogP contribution in [0.5, 0.6) is 0 Å². The van der Waals surface area contributed by atoms with Crippen LogP contribution in [0.1, 0.15) is 0 Å². The predicted octanol–water partition coefficient (Wildman–Crippen LogP) is 2.87. The highest BCUT2D eigenvalue weighted by atomic mass is 19.2. The molecule has 0 spiro atoms. The van der Waals surface area contributed by atoms with Crippen LogP contribution in [0.4, 0.5) is 26.3 Å². The van der Waals surface area contributed by atoms with Crippen molar-refractivity contribution in [2.45, 2.75) is 11.8 Å². The topological polar surface area (TPSA) is 23.8 Å². The maximum atomic E-state index is 12.9. The second kappa shape index (κ2) is 3.04. The van der Waals surface area contributed by atoms with Crippen molar-refractivity contribution in [1.82, 2.24) is 0 Å². The van der Waals surface area contributed by atoms with E-state index >= 15 is 0 Å². The first kappa shape index (κ1) is 10.6. The van der Waals surface area contributed by atoms with Crippen LogP contribution in [0, 0.1) is 11.3 Å². The van der Waals surface area contributed by atoms with Gasteiger partial charge in [0.2, 0.25) is 6.17 Å². The summed E-state index contributed by atoms with van der Waals surface area (Å²) in [6.45, 7) is 0. The van der Waals surface area contributed by atoms with Crippen molar-refractivity contribution in [3.63, 3.8) is 0 Å². The number of allylic oxidation sites excluding steroid dienone is 4. The van der Waals surface area contributed by atoms with E-state index in [0.29, 0.717) is 6.07 Å². The lowest BCUT2D eigenvalue weighted by atomic mass is 9.93. The molecular weight excluding hydrogens is 212 g/mol. The van der Waals surface area contributed by atoms with Crippen molar-refractivity contribution in [2.75, 3.05) is 0 Å². The molecule has 0 amide bonds. The van der Waals surface area contributed by atoms with Crippen LogP contribution in [0.25, 0.3) is 0 Å². The summed E-state index contributed by atoms with van der Waals surface area (Å²) in [5.41, 5.74) is -4.14. The van der Waals surface area contributed by atoms with Gasteiger partial charge in [0, 0.05) is 0 Å². The van der Waals surface area contributed by atoms with Crippen molar-refractivity contribution < 1.29 is 26.3 Å². The smallest absolute Gasteiger partial charge is 0.234 e. The van der Waals surface area contributed by atoms with E-state index < -0.39 is 35.1 Å². The normalized spacial score (nSPS) is 33.4. The summed E-state index contributed by atoms with van der Waals surface area (Å²) in [6.07, 6.45) is -3.49. The zero-order valence-electron chi connectivity index (χ0n) is 6.29. The summed E-state index contributed by atoms with van der Waals surface area (Å²) in [7, 11) is 0. The molecule has 0 saturated heterocycles. The first-order chi connectivity index (χ1) is 6.36. The van der Waals surface area contributed by atoms with E-state index in [0.717, 1.165) is 0 Å². The molecule has 14 heavy (non-hydrogen) atoms. The second-order valence-electron chi connectivity index (χ2n) is 2.48. The molecule has 0 N–H and O–H groups in total. The molecule has 1 rings (SSSR count). The van der Waals surface area contributed by atoms with Crippen LogP contribution in [-0.4, -0.2) is 11.8 Å². The largest absolute Gasteiger partial charge is 0.287 e. The van der Waals surface area contributed by atoms with E-state index in [2.05, 4.69) is 0 Å². The van der Waals surface area contributed by atoms with Crippen molar-refractivity contribution in [3.05, 3.63) is 23.3 Å². The number of halogens is 6. The Bertz CT molecular complexity index is 378. The van der Waals surface area contributed by atoms with Gasteiger partial charge in [-0.1, -0.05) is 0 Å². The molecule has 0 saturated carbocycles. The van der Waals surface area contributed by atoms with Gasteiger partial charge in [-0.15, -0.1) is 0 Å². The summed E-state index contributed by atoms with van der Waals surface area (Å²) in [5.74, 6) is -10.0. The Labute approximate surface area is 73.9 Å². The van der Waals surface area contributed by atoms with Gasteiger partial charge in [0.1, 0.15) is 6.07 Å².